The molecular weight excluding hydrogens is 206 g/mol. The van der Waals surface area contributed by atoms with Gasteiger partial charge < -0.3 is 4.74 Å². The van der Waals surface area contributed by atoms with Crippen LogP contribution in [0.5, 0.6) is 5.88 Å². The minimum Gasteiger partial charge on any atom is -0.437 e. The van der Waals surface area contributed by atoms with E-state index in [1.54, 1.807) is 0 Å². The second-order valence-electron chi connectivity index (χ2n) is 2.57. The number of fused-ring (bicyclic) bond motifs is 1. The van der Waals surface area contributed by atoms with Crippen molar-refractivity contribution >= 4 is 15.9 Å². The first kappa shape index (κ1) is 7.10. The smallest absolute Gasteiger partial charge is 0.368 e. The lowest BCUT2D eigenvalue weighted by molar-refractivity contribution is -0.700. The molecule has 11 heavy (non-hydrogen) atoms. The van der Waals surface area contributed by atoms with Crippen LogP contribution in [0.3, 0.4) is 0 Å². The second-order valence-corrected chi connectivity index (χ2v) is 3.21. The molecule has 58 valence electrons. The summed E-state index contributed by atoms with van der Waals surface area (Å²) < 4.78 is 7.58. The van der Waals surface area contributed by atoms with Crippen LogP contribution in [0.2, 0.25) is 0 Å². The Hall–Kier alpha value is -0.570. The summed E-state index contributed by atoms with van der Waals surface area (Å²) in [6.45, 7) is 0.787. The minimum atomic E-state index is 0.464. The molecule has 1 aliphatic heterocycles. The maximum Gasteiger partial charge on any atom is 0.368 e. The van der Waals surface area contributed by atoms with Crippen molar-refractivity contribution in [2.45, 2.75) is 6.04 Å². The fourth-order valence-electron chi connectivity index (χ4n) is 1.24. The molecule has 0 fully saturated rings. The predicted octanol–water partition coefficient (Wildman–Crippen LogP) is 1.30. The molecule has 0 amide bonds. The predicted molar refractivity (Wildman–Crippen MR) is 45.0 cm³/mol. The number of aromatic nitrogens is 1. The van der Waals surface area contributed by atoms with Crippen molar-refractivity contribution in [3.63, 3.8) is 0 Å². The molecule has 1 aromatic rings. The Balaban J connectivity index is 2.39. The van der Waals surface area contributed by atoms with Crippen LogP contribution in [0.1, 0.15) is 6.04 Å². The first-order valence-corrected chi connectivity index (χ1v) is 4.73. The van der Waals surface area contributed by atoms with Crippen molar-refractivity contribution < 1.29 is 9.30 Å². The first-order chi connectivity index (χ1) is 5.42. The van der Waals surface area contributed by atoms with Crippen molar-refractivity contribution in [1.29, 1.82) is 0 Å². The zero-order valence-corrected chi connectivity index (χ0v) is 7.62. The number of alkyl halides is 1. The molecule has 0 aliphatic carbocycles. The van der Waals surface area contributed by atoms with Gasteiger partial charge in [-0.3, -0.25) is 0 Å². The lowest BCUT2D eigenvalue weighted by atomic mass is 10.3. The SMILES string of the molecule is BrCC1COc2cccc[n+]21. The van der Waals surface area contributed by atoms with Gasteiger partial charge in [0.2, 0.25) is 6.04 Å². The summed E-state index contributed by atoms with van der Waals surface area (Å²) in [6.07, 6.45) is 2.05. The van der Waals surface area contributed by atoms with Gasteiger partial charge in [-0.15, -0.1) is 0 Å². The molecule has 0 saturated carbocycles. The van der Waals surface area contributed by atoms with Crippen LogP contribution < -0.4 is 9.30 Å². The lowest BCUT2D eigenvalue weighted by Gasteiger charge is -1.95. The van der Waals surface area contributed by atoms with Gasteiger partial charge in [-0.05, 0) is 6.07 Å². The van der Waals surface area contributed by atoms with Crippen molar-refractivity contribution in [3.05, 3.63) is 24.4 Å². The zero-order valence-electron chi connectivity index (χ0n) is 6.03. The van der Waals surface area contributed by atoms with E-state index in [1.165, 1.54) is 0 Å². The fraction of sp³-hybridized carbons (Fsp3) is 0.375. The third-order valence-electron chi connectivity index (χ3n) is 1.85. The van der Waals surface area contributed by atoms with E-state index in [9.17, 15) is 0 Å². The van der Waals surface area contributed by atoms with E-state index >= 15 is 0 Å². The standard InChI is InChI=1S/C8H9BrNO/c9-5-7-6-11-8-3-1-2-4-10(7)8/h1-4,7H,5-6H2/q+1. The quantitative estimate of drug-likeness (QED) is 0.508. The molecule has 1 unspecified atom stereocenters. The van der Waals surface area contributed by atoms with Crippen LogP contribution >= 0.6 is 15.9 Å². The van der Waals surface area contributed by atoms with E-state index in [-0.39, 0.29) is 0 Å². The highest BCUT2D eigenvalue weighted by molar-refractivity contribution is 9.09. The Bertz CT molecular complexity index is 264. The fourth-order valence-corrected chi connectivity index (χ4v) is 1.74. The maximum atomic E-state index is 5.43. The van der Waals surface area contributed by atoms with E-state index in [0.29, 0.717) is 6.04 Å². The maximum absolute atomic E-state index is 5.43. The van der Waals surface area contributed by atoms with Gasteiger partial charge in [-0.2, -0.15) is 4.57 Å². The monoisotopic (exact) mass is 214 g/mol. The molecule has 2 nitrogen and oxygen atoms in total. The number of halogens is 1. The van der Waals surface area contributed by atoms with E-state index < -0.39 is 0 Å². The first-order valence-electron chi connectivity index (χ1n) is 3.61. The molecule has 0 aromatic carbocycles. The van der Waals surface area contributed by atoms with Gasteiger partial charge in [0.05, 0.1) is 11.4 Å². The molecule has 0 saturated heterocycles. The molecule has 0 spiro atoms. The van der Waals surface area contributed by atoms with Crippen LogP contribution in [0.25, 0.3) is 0 Å². The topological polar surface area (TPSA) is 13.1 Å². The van der Waals surface area contributed by atoms with Gasteiger partial charge in [-0.25, -0.2) is 0 Å². The summed E-state index contributed by atoms with van der Waals surface area (Å²) in [6, 6.07) is 6.46. The Morgan fingerprint density at radius 2 is 2.55 bits per heavy atom. The summed E-state index contributed by atoms with van der Waals surface area (Å²) in [5, 5.41) is 0.953. The van der Waals surface area contributed by atoms with Crippen molar-refractivity contribution in [3.8, 4) is 5.88 Å². The number of rotatable bonds is 1. The number of nitrogens with zero attached hydrogens (tertiary/aromatic N) is 1. The van der Waals surface area contributed by atoms with E-state index in [0.717, 1.165) is 17.8 Å². The molecule has 2 rings (SSSR count). The van der Waals surface area contributed by atoms with E-state index in [1.807, 2.05) is 24.4 Å². The lowest BCUT2D eigenvalue weighted by Crippen LogP contribution is -2.36. The van der Waals surface area contributed by atoms with Crippen molar-refractivity contribution in [1.82, 2.24) is 0 Å². The Kier molecular flexibility index (Phi) is 1.82. The van der Waals surface area contributed by atoms with Crippen LogP contribution in [0, 0.1) is 0 Å². The van der Waals surface area contributed by atoms with Gasteiger partial charge in [0.1, 0.15) is 0 Å². The van der Waals surface area contributed by atoms with E-state index in [2.05, 4.69) is 20.5 Å². The number of ether oxygens (including phenoxy) is 1. The van der Waals surface area contributed by atoms with Crippen molar-refractivity contribution in [2.75, 3.05) is 11.9 Å². The van der Waals surface area contributed by atoms with Crippen LogP contribution in [-0.2, 0) is 0 Å². The van der Waals surface area contributed by atoms with Crippen LogP contribution in [-0.4, -0.2) is 11.9 Å². The summed E-state index contributed by atoms with van der Waals surface area (Å²) in [5.41, 5.74) is 0. The molecule has 1 aliphatic rings. The average molecular weight is 215 g/mol. The van der Waals surface area contributed by atoms with Crippen molar-refractivity contribution in [2.24, 2.45) is 0 Å². The number of pyridine rings is 1. The third-order valence-corrected chi connectivity index (χ3v) is 2.59. The third kappa shape index (κ3) is 1.13. The van der Waals surface area contributed by atoms with Gasteiger partial charge in [-0.1, -0.05) is 15.9 Å². The number of hydrogen-bond donors (Lipinski definition) is 0. The summed E-state index contributed by atoms with van der Waals surface area (Å²) in [7, 11) is 0. The molecule has 1 atom stereocenters. The van der Waals surface area contributed by atoms with Gasteiger partial charge in [0.15, 0.2) is 12.8 Å². The molecule has 0 N–H and O–H groups in total. The summed E-state index contributed by atoms with van der Waals surface area (Å²) >= 11 is 3.45. The molecule has 2 heterocycles. The summed E-state index contributed by atoms with van der Waals surface area (Å²) in [4.78, 5) is 0. The molecular formula is C8H9BrNO+. The minimum absolute atomic E-state index is 0.464. The highest BCUT2D eigenvalue weighted by atomic mass is 79.9. The molecule has 1 aromatic heterocycles. The summed E-state index contributed by atoms with van der Waals surface area (Å²) in [5.74, 6) is 0.969. The zero-order chi connectivity index (χ0) is 7.68. The molecule has 3 heteroatoms. The Labute approximate surface area is 73.9 Å². The average Bonchev–Trinajstić information content (AvgIpc) is 2.47. The normalized spacial score (nSPS) is 21.0. The van der Waals surface area contributed by atoms with Gasteiger partial charge >= 0.3 is 5.88 Å². The Morgan fingerprint density at radius 1 is 1.64 bits per heavy atom. The van der Waals surface area contributed by atoms with E-state index in [4.69, 9.17) is 4.74 Å². The van der Waals surface area contributed by atoms with Gasteiger partial charge in [0, 0.05) is 6.07 Å². The number of hydrogen-bond acceptors (Lipinski definition) is 1. The Morgan fingerprint density at radius 3 is 3.36 bits per heavy atom. The molecule has 0 bridgehead atoms. The molecule has 0 radical (unpaired) electrons. The highest BCUT2D eigenvalue weighted by Crippen LogP contribution is 2.16. The second kappa shape index (κ2) is 2.81. The van der Waals surface area contributed by atoms with Gasteiger partial charge in [0.25, 0.3) is 0 Å². The van der Waals surface area contributed by atoms with Crippen LogP contribution in [0.15, 0.2) is 24.4 Å². The highest BCUT2D eigenvalue weighted by Gasteiger charge is 2.29. The van der Waals surface area contributed by atoms with Crippen LogP contribution in [0.4, 0.5) is 0 Å². The largest absolute Gasteiger partial charge is 0.437 e.